The molecular formula is C6H8ClNO. The molecule has 0 saturated carbocycles. The zero-order valence-corrected chi connectivity index (χ0v) is 5.65. The fourth-order valence-electron chi connectivity index (χ4n) is 0.508. The minimum atomic E-state index is 0. The van der Waals surface area contributed by atoms with E-state index in [-0.39, 0.29) is 18.2 Å². The van der Waals surface area contributed by atoms with Gasteiger partial charge in [0.15, 0.2) is 5.78 Å². The van der Waals surface area contributed by atoms with Crippen LogP contribution in [0.1, 0.15) is 6.42 Å². The number of allylic oxidation sites excluding steroid dienone is 2. The highest BCUT2D eigenvalue weighted by molar-refractivity contribution is 5.90. The molecule has 0 saturated heterocycles. The molecule has 0 fully saturated rings. The summed E-state index contributed by atoms with van der Waals surface area (Å²) in [5, 5.41) is 2.80. The molecule has 1 aliphatic rings. The molecule has 50 valence electrons. The monoisotopic (exact) mass is 145 g/mol. The van der Waals surface area contributed by atoms with Crippen molar-refractivity contribution < 1.29 is 4.79 Å². The average Bonchev–Trinajstić information content (AvgIpc) is 1.94. The van der Waals surface area contributed by atoms with Crippen LogP contribution < -0.4 is 5.32 Å². The van der Waals surface area contributed by atoms with Gasteiger partial charge in [-0.05, 0) is 12.3 Å². The second kappa shape index (κ2) is 4.15. The van der Waals surface area contributed by atoms with Gasteiger partial charge in [-0.2, -0.15) is 0 Å². The van der Waals surface area contributed by atoms with Crippen molar-refractivity contribution in [2.75, 3.05) is 0 Å². The van der Waals surface area contributed by atoms with E-state index in [2.05, 4.69) is 5.32 Å². The van der Waals surface area contributed by atoms with E-state index >= 15 is 0 Å². The third-order valence-electron chi connectivity index (χ3n) is 0.899. The van der Waals surface area contributed by atoms with E-state index in [1.165, 1.54) is 6.08 Å². The van der Waals surface area contributed by atoms with Gasteiger partial charge in [0, 0.05) is 12.6 Å². The number of halogens is 1. The van der Waals surface area contributed by atoms with E-state index in [0.717, 1.165) is 0 Å². The Labute approximate surface area is 60.0 Å². The lowest BCUT2D eigenvalue weighted by atomic mass is 10.3. The summed E-state index contributed by atoms with van der Waals surface area (Å²) < 4.78 is 0. The van der Waals surface area contributed by atoms with Gasteiger partial charge in [0.1, 0.15) is 0 Å². The van der Waals surface area contributed by atoms with E-state index in [4.69, 9.17) is 0 Å². The van der Waals surface area contributed by atoms with Crippen LogP contribution in [0.2, 0.25) is 0 Å². The molecule has 0 aromatic carbocycles. The summed E-state index contributed by atoms with van der Waals surface area (Å²) in [4.78, 5) is 10.5. The molecule has 0 unspecified atom stereocenters. The van der Waals surface area contributed by atoms with Crippen molar-refractivity contribution in [3.8, 4) is 0 Å². The van der Waals surface area contributed by atoms with Gasteiger partial charge in [0.25, 0.3) is 0 Å². The Bertz CT molecular complexity index is 151. The van der Waals surface area contributed by atoms with Gasteiger partial charge >= 0.3 is 0 Å². The van der Waals surface area contributed by atoms with Crippen molar-refractivity contribution in [3.63, 3.8) is 0 Å². The maximum absolute atomic E-state index is 10.5. The molecule has 0 amide bonds. The maximum Gasteiger partial charge on any atom is 0.160 e. The first-order valence-corrected chi connectivity index (χ1v) is 2.50. The van der Waals surface area contributed by atoms with E-state index in [1.54, 1.807) is 18.5 Å². The van der Waals surface area contributed by atoms with Crippen molar-refractivity contribution in [2.24, 2.45) is 0 Å². The molecule has 0 radical (unpaired) electrons. The summed E-state index contributed by atoms with van der Waals surface area (Å²) in [6.45, 7) is 0. The molecule has 3 heteroatoms. The third-order valence-corrected chi connectivity index (χ3v) is 0.899. The van der Waals surface area contributed by atoms with Crippen LogP contribution in [0, 0.1) is 0 Å². The van der Waals surface area contributed by atoms with Gasteiger partial charge in [-0.1, -0.05) is 6.08 Å². The topological polar surface area (TPSA) is 29.1 Å². The van der Waals surface area contributed by atoms with E-state index in [1.807, 2.05) is 0 Å². The average molecular weight is 146 g/mol. The van der Waals surface area contributed by atoms with Crippen LogP contribution in [0.4, 0.5) is 0 Å². The molecule has 2 nitrogen and oxygen atoms in total. The van der Waals surface area contributed by atoms with Crippen LogP contribution in [0.25, 0.3) is 0 Å². The third kappa shape index (κ3) is 2.93. The lowest BCUT2D eigenvalue weighted by molar-refractivity contribution is -0.113. The van der Waals surface area contributed by atoms with Gasteiger partial charge in [-0.25, -0.2) is 0 Å². The van der Waals surface area contributed by atoms with Crippen molar-refractivity contribution in [1.29, 1.82) is 0 Å². The molecule has 0 bridgehead atoms. The summed E-state index contributed by atoms with van der Waals surface area (Å²) >= 11 is 0. The van der Waals surface area contributed by atoms with Gasteiger partial charge < -0.3 is 5.32 Å². The van der Waals surface area contributed by atoms with Crippen LogP contribution >= 0.6 is 12.4 Å². The molecule has 0 aliphatic carbocycles. The second-order valence-corrected chi connectivity index (χ2v) is 1.57. The van der Waals surface area contributed by atoms with E-state index in [0.29, 0.717) is 6.42 Å². The normalized spacial score (nSPS) is 15.8. The Morgan fingerprint density at radius 2 is 2.22 bits per heavy atom. The van der Waals surface area contributed by atoms with Crippen LogP contribution in [-0.2, 0) is 4.79 Å². The highest BCUT2D eigenvalue weighted by Crippen LogP contribution is 1.89. The molecule has 0 aromatic rings. The fraction of sp³-hybridized carbons (Fsp3) is 0.167. The largest absolute Gasteiger partial charge is 0.368 e. The number of nitrogens with one attached hydrogen (secondary N) is 1. The first-order chi connectivity index (χ1) is 3.89. The Balaban J connectivity index is 0.000000640. The van der Waals surface area contributed by atoms with Gasteiger partial charge in [-0.15, -0.1) is 12.4 Å². The maximum atomic E-state index is 10.5. The number of ketones is 1. The number of hydrogen-bond donors (Lipinski definition) is 1. The number of hydrogen-bond acceptors (Lipinski definition) is 2. The minimum absolute atomic E-state index is 0. The quantitative estimate of drug-likeness (QED) is 0.551. The standard InChI is InChI=1S/C6H7NO.ClH/c8-6-2-1-4-7-5-3-6;/h1,3-5,7H,2H2;1H. The van der Waals surface area contributed by atoms with Gasteiger partial charge in [-0.3, -0.25) is 4.79 Å². The molecule has 0 spiro atoms. The summed E-state index contributed by atoms with van der Waals surface area (Å²) in [7, 11) is 0. The van der Waals surface area contributed by atoms with Crippen LogP contribution in [0.3, 0.4) is 0 Å². The number of carbonyl (C=O) groups excluding carboxylic acids is 1. The number of rotatable bonds is 0. The minimum Gasteiger partial charge on any atom is -0.368 e. The van der Waals surface area contributed by atoms with Crippen molar-refractivity contribution >= 4 is 18.2 Å². The lowest BCUT2D eigenvalue weighted by Gasteiger charge is -1.78. The number of carbonyl (C=O) groups is 1. The second-order valence-electron chi connectivity index (χ2n) is 1.57. The van der Waals surface area contributed by atoms with Crippen molar-refractivity contribution in [3.05, 3.63) is 24.6 Å². The Hall–Kier alpha value is -0.760. The fourth-order valence-corrected chi connectivity index (χ4v) is 0.508. The predicted octanol–water partition coefficient (Wildman–Crippen LogP) is 0.998. The van der Waals surface area contributed by atoms with Gasteiger partial charge in [0.05, 0.1) is 0 Å². The molecule has 1 N–H and O–H groups in total. The Kier molecular flexibility index (Phi) is 3.80. The Morgan fingerprint density at radius 3 is 3.00 bits per heavy atom. The SMILES string of the molecule is Cl.O=C1C=CNC=CC1. The summed E-state index contributed by atoms with van der Waals surface area (Å²) in [6.07, 6.45) is 7.22. The summed E-state index contributed by atoms with van der Waals surface area (Å²) in [6, 6.07) is 0. The Morgan fingerprint density at radius 1 is 1.44 bits per heavy atom. The van der Waals surface area contributed by atoms with Gasteiger partial charge in [0.2, 0.25) is 0 Å². The highest BCUT2D eigenvalue weighted by atomic mass is 35.5. The molecule has 0 atom stereocenters. The zero-order valence-electron chi connectivity index (χ0n) is 4.83. The van der Waals surface area contributed by atoms with Crippen LogP contribution in [0.15, 0.2) is 24.6 Å². The lowest BCUT2D eigenvalue weighted by Crippen LogP contribution is -1.89. The van der Waals surface area contributed by atoms with E-state index in [9.17, 15) is 4.79 Å². The molecule has 1 aliphatic heterocycles. The van der Waals surface area contributed by atoms with Crippen molar-refractivity contribution in [1.82, 2.24) is 5.32 Å². The summed E-state index contributed by atoms with van der Waals surface area (Å²) in [5.41, 5.74) is 0. The molecule has 0 aromatic heterocycles. The first-order valence-electron chi connectivity index (χ1n) is 2.50. The first kappa shape index (κ1) is 8.24. The zero-order chi connectivity index (χ0) is 5.82. The molecule has 1 heterocycles. The predicted molar refractivity (Wildman–Crippen MR) is 38.3 cm³/mol. The molecule has 1 rings (SSSR count). The molecule has 9 heavy (non-hydrogen) atoms. The van der Waals surface area contributed by atoms with Crippen LogP contribution in [-0.4, -0.2) is 5.78 Å². The van der Waals surface area contributed by atoms with Crippen molar-refractivity contribution in [2.45, 2.75) is 6.42 Å². The molecular weight excluding hydrogens is 138 g/mol. The summed E-state index contributed by atoms with van der Waals surface area (Å²) in [5.74, 6) is 0.145. The van der Waals surface area contributed by atoms with Crippen LogP contribution in [0.5, 0.6) is 0 Å². The smallest absolute Gasteiger partial charge is 0.160 e. The highest BCUT2D eigenvalue weighted by Gasteiger charge is 1.92. The van der Waals surface area contributed by atoms with E-state index < -0.39 is 0 Å².